The molecule has 6 heterocycles. The number of benzene rings is 2. The van der Waals surface area contributed by atoms with Crippen LogP contribution in [-0.4, -0.2) is 168 Å². The summed E-state index contributed by atoms with van der Waals surface area (Å²) in [4.78, 5) is 98.1. The number of nitrogens with zero attached hydrogens (tertiary/aromatic N) is 7. The molecule has 8 rings (SSSR count). The number of carbonyl (C=O) groups is 6. The van der Waals surface area contributed by atoms with E-state index in [0.29, 0.717) is 95.1 Å². The number of piperazine rings is 1. The predicted molar refractivity (Wildman–Crippen MR) is 248 cm³/mol. The summed E-state index contributed by atoms with van der Waals surface area (Å²) in [6.45, 7) is 11.1. The van der Waals surface area contributed by atoms with Crippen LogP contribution in [0.3, 0.4) is 0 Å². The van der Waals surface area contributed by atoms with Gasteiger partial charge in [0.15, 0.2) is 11.7 Å². The highest BCUT2D eigenvalue weighted by atomic mass is 16.6. The Morgan fingerprint density at radius 2 is 1.53 bits per heavy atom. The van der Waals surface area contributed by atoms with Gasteiger partial charge in [-0.15, -0.1) is 0 Å². The van der Waals surface area contributed by atoms with E-state index >= 15 is 0 Å². The second kappa shape index (κ2) is 22.5. The Morgan fingerprint density at radius 1 is 0.833 bits per heavy atom. The highest BCUT2D eigenvalue weighted by Crippen LogP contribution is 2.27. The summed E-state index contributed by atoms with van der Waals surface area (Å²) in [7, 11) is 3.65. The number of nitrogens with one attached hydrogen (secondary N) is 1. The molecule has 0 aliphatic carbocycles. The molecule has 1 atom stereocenters. The number of esters is 1. The molecule has 18 heteroatoms. The third-order valence-electron chi connectivity index (χ3n) is 13.4. The van der Waals surface area contributed by atoms with Gasteiger partial charge in [0.05, 0.1) is 12.1 Å². The fourth-order valence-electron chi connectivity index (χ4n) is 9.38. The molecule has 2 aromatic carbocycles. The molecule has 0 radical (unpaired) electrons. The van der Waals surface area contributed by atoms with Crippen molar-refractivity contribution in [1.82, 2.24) is 34.0 Å². The van der Waals surface area contributed by atoms with E-state index in [1.54, 1.807) is 27.8 Å². The number of rotatable bonds is 9. The van der Waals surface area contributed by atoms with Crippen molar-refractivity contribution in [2.24, 2.45) is 13.0 Å². The number of fused-ring (bicyclic) bond motifs is 2. The lowest BCUT2D eigenvalue weighted by molar-refractivity contribution is -0.161. The first-order valence-corrected chi connectivity index (χ1v) is 23.2. The van der Waals surface area contributed by atoms with E-state index in [9.17, 15) is 33.6 Å². The van der Waals surface area contributed by atoms with E-state index in [-0.39, 0.29) is 44.3 Å². The van der Waals surface area contributed by atoms with Crippen molar-refractivity contribution in [3.05, 3.63) is 63.6 Å². The maximum atomic E-state index is 13.8. The van der Waals surface area contributed by atoms with Gasteiger partial charge in [-0.1, -0.05) is 38.6 Å². The maximum Gasteiger partial charge on any atom is 0.419 e. The molecule has 18 nitrogen and oxygen atoms in total. The lowest BCUT2D eigenvalue weighted by Gasteiger charge is -2.38. The molecule has 4 fully saturated rings. The highest BCUT2D eigenvalue weighted by Gasteiger charge is 2.36. The summed E-state index contributed by atoms with van der Waals surface area (Å²) in [5.41, 5.74) is 4.72. The number of para-hydroxylation sites is 1. The normalized spacial score (nSPS) is 19.0. The van der Waals surface area contributed by atoms with Crippen LogP contribution in [0.15, 0.2) is 45.6 Å². The van der Waals surface area contributed by atoms with Crippen molar-refractivity contribution in [2.75, 3.05) is 91.0 Å². The van der Waals surface area contributed by atoms with E-state index < -0.39 is 29.8 Å². The Kier molecular flexibility index (Phi) is 16.9. The molecule has 1 N–H and O–H groups in total. The summed E-state index contributed by atoms with van der Waals surface area (Å²) < 4.78 is 17.9. The SMILES string of the molecule is C.CN1CCN(C(=O)C(=O)OCCCN2CCCC2=O)CC1.Cc1cc(C[C@@H](OC(=O)N2CCC(N3CCc4ccccc4NC3=O)CC2)C(=O)N2CCC(C)CC2)cc2oc(=O)n(C)c12. The van der Waals surface area contributed by atoms with Gasteiger partial charge in [0, 0.05) is 104 Å². The molecule has 6 amide bonds. The lowest BCUT2D eigenvalue weighted by Crippen LogP contribution is -2.51. The summed E-state index contributed by atoms with van der Waals surface area (Å²) in [6.07, 6.45) is 4.60. The zero-order valence-electron chi connectivity index (χ0n) is 38.3. The quantitative estimate of drug-likeness (QED) is 0.184. The Balaban J connectivity index is 0.000000275. The maximum absolute atomic E-state index is 13.8. The number of likely N-dealkylation sites (N-methyl/N-ethyl adjacent to an activating group) is 1. The van der Waals surface area contributed by atoms with Crippen LogP contribution in [0.5, 0.6) is 0 Å². The summed E-state index contributed by atoms with van der Waals surface area (Å²) >= 11 is 0. The van der Waals surface area contributed by atoms with Gasteiger partial charge < -0.3 is 48.6 Å². The number of aryl methyl sites for hydroxylation is 2. The van der Waals surface area contributed by atoms with Crippen LogP contribution in [0.1, 0.15) is 76.0 Å². The molecule has 0 saturated carbocycles. The van der Waals surface area contributed by atoms with E-state index in [2.05, 4.69) is 17.1 Å². The van der Waals surface area contributed by atoms with Gasteiger partial charge in [-0.2, -0.15) is 0 Å². The fourth-order valence-corrected chi connectivity index (χ4v) is 9.38. The second-order valence-electron chi connectivity index (χ2n) is 18.1. The van der Waals surface area contributed by atoms with Gasteiger partial charge in [-0.05, 0) is 93.7 Å². The number of piperidine rings is 2. The van der Waals surface area contributed by atoms with Gasteiger partial charge in [-0.3, -0.25) is 19.0 Å². The number of ether oxygens (including phenoxy) is 2. The average Bonchev–Trinajstić information content (AvgIpc) is 3.79. The van der Waals surface area contributed by atoms with Crippen LogP contribution in [0.4, 0.5) is 15.3 Å². The molecule has 5 aliphatic heterocycles. The second-order valence-corrected chi connectivity index (χ2v) is 18.1. The number of anilines is 1. The minimum Gasteiger partial charge on any atom is -0.458 e. The lowest BCUT2D eigenvalue weighted by atomic mass is 9.98. The Bertz CT molecular complexity index is 2270. The minimum atomic E-state index is -1.00. The highest BCUT2D eigenvalue weighted by molar-refractivity contribution is 6.32. The van der Waals surface area contributed by atoms with Crippen LogP contribution in [-0.2, 0) is 48.5 Å². The number of hydrogen-bond acceptors (Lipinski definition) is 11. The van der Waals surface area contributed by atoms with Crippen molar-refractivity contribution in [3.63, 3.8) is 0 Å². The van der Waals surface area contributed by atoms with Crippen molar-refractivity contribution in [3.8, 4) is 0 Å². The number of oxazole rings is 1. The van der Waals surface area contributed by atoms with Crippen LogP contribution < -0.4 is 11.1 Å². The van der Waals surface area contributed by atoms with Gasteiger partial charge in [0.25, 0.3) is 5.91 Å². The van der Waals surface area contributed by atoms with Crippen molar-refractivity contribution in [1.29, 1.82) is 0 Å². The van der Waals surface area contributed by atoms with Crippen LogP contribution >= 0.6 is 0 Å². The van der Waals surface area contributed by atoms with Crippen molar-refractivity contribution in [2.45, 2.75) is 91.2 Å². The molecule has 5 aliphatic rings. The molecular weight excluding hydrogens is 849 g/mol. The number of amides is 6. The first-order chi connectivity index (χ1) is 31.2. The number of carbonyl (C=O) groups excluding carboxylic acids is 6. The largest absolute Gasteiger partial charge is 0.458 e. The molecule has 0 spiro atoms. The molecule has 360 valence electrons. The van der Waals surface area contributed by atoms with E-state index in [1.807, 2.05) is 49.2 Å². The monoisotopic (exact) mass is 917 g/mol. The van der Waals surface area contributed by atoms with Gasteiger partial charge in [0.2, 0.25) is 5.91 Å². The Morgan fingerprint density at radius 3 is 2.23 bits per heavy atom. The average molecular weight is 917 g/mol. The molecule has 1 aromatic heterocycles. The first kappa shape index (κ1) is 49.5. The molecule has 66 heavy (non-hydrogen) atoms. The predicted octanol–water partition coefficient (Wildman–Crippen LogP) is 4.25. The topological polar surface area (TPSA) is 187 Å². The number of aromatic nitrogens is 1. The van der Waals surface area contributed by atoms with Crippen molar-refractivity contribution >= 4 is 52.6 Å². The first-order valence-electron chi connectivity index (χ1n) is 23.2. The van der Waals surface area contributed by atoms with Gasteiger partial charge in [0.1, 0.15) is 0 Å². The third-order valence-corrected chi connectivity index (χ3v) is 13.4. The summed E-state index contributed by atoms with van der Waals surface area (Å²) in [6, 6.07) is 11.4. The molecule has 3 aromatic rings. The van der Waals surface area contributed by atoms with Gasteiger partial charge in [-0.25, -0.2) is 19.2 Å². The van der Waals surface area contributed by atoms with E-state index in [4.69, 9.17) is 13.9 Å². The number of urea groups is 1. The fraction of sp³-hybridized carbons (Fsp3) is 0.604. The Hall–Kier alpha value is -5.91. The van der Waals surface area contributed by atoms with E-state index in [0.717, 1.165) is 67.7 Å². The zero-order chi connectivity index (χ0) is 46.2. The van der Waals surface area contributed by atoms with Crippen LogP contribution in [0.25, 0.3) is 11.1 Å². The molecule has 4 saturated heterocycles. The molecule has 0 unspecified atom stereocenters. The van der Waals surface area contributed by atoms with Crippen molar-refractivity contribution < 1.29 is 42.7 Å². The number of likely N-dealkylation sites (tertiary alicyclic amines) is 3. The zero-order valence-corrected chi connectivity index (χ0v) is 38.3. The Labute approximate surface area is 387 Å². The third kappa shape index (κ3) is 12.1. The van der Waals surface area contributed by atoms with Gasteiger partial charge >= 0.3 is 29.8 Å². The summed E-state index contributed by atoms with van der Waals surface area (Å²) in [5, 5.41) is 3.03. The molecular formula is C48H68N8O10. The number of hydrogen-bond donors (Lipinski definition) is 1. The van der Waals surface area contributed by atoms with E-state index in [1.165, 1.54) is 9.47 Å². The van der Waals surface area contributed by atoms with Crippen LogP contribution in [0.2, 0.25) is 0 Å². The molecule has 0 bridgehead atoms. The van der Waals surface area contributed by atoms with Crippen LogP contribution in [0, 0.1) is 12.8 Å². The minimum absolute atomic E-state index is 0. The smallest absolute Gasteiger partial charge is 0.419 e. The standard InChI is InChI=1S/C33H41N5O6.C14H23N3O4.CH4/c1-21-8-13-36(14-9-21)30(39)28(20-23-18-22(2)29-27(19-23)43-32(41)35(29)3)44-33(42)37-15-11-25(12-16-37)38-17-10-24-6-4-5-7-26(24)34-31(38)40;1-15-7-9-17(10-8-15)13(19)14(20)21-11-3-6-16-5-2-4-12(16)18;/h4-7,18-19,21,25,28H,8-17,20H2,1-3H3,(H,34,40);2-11H2,1H3;1H4/t28-;;/m1../s1. The summed E-state index contributed by atoms with van der Waals surface area (Å²) in [5.74, 6) is -1.28.